The minimum atomic E-state index is -0.114. The summed E-state index contributed by atoms with van der Waals surface area (Å²) >= 11 is 6.18. The number of hydrogen-bond acceptors (Lipinski definition) is 4. The Labute approximate surface area is 160 Å². The molecular formula is C20H28ClNO4. The van der Waals surface area contributed by atoms with Gasteiger partial charge in [-0.1, -0.05) is 23.7 Å². The number of halogens is 1. The average molecular weight is 382 g/mol. The molecule has 1 atom stereocenters. The first-order valence-corrected chi connectivity index (χ1v) is 9.86. The fraction of sp³-hybridized carbons (Fsp3) is 0.650. The Bertz CT molecular complexity index is 583. The van der Waals surface area contributed by atoms with Crippen LogP contribution in [0.15, 0.2) is 24.3 Å². The van der Waals surface area contributed by atoms with Crippen molar-refractivity contribution in [1.82, 2.24) is 5.32 Å². The van der Waals surface area contributed by atoms with Crippen molar-refractivity contribution in [2.24, 2.45) is 0 Å². The summed E-state index contributed by atoms with van der Waals surface area (Å²) in [6.45, 7) is 3.83. The third-order valence-corrected chi connectivity index (χ3v) is 5.55. The SMILES string of the molecule is O=C(CCOCC1CCCO1)NCC1(c2cccc(Cl)c2)CCOCC1. The molecule has 1 aromatic rings. The van der Waals surface area contributed by atoms with Crippen LogP contribution in [0.4, 0.5) is 0 Å². The van der Waals surface area contributed by atoms with Crippen molar-refractivity contribution in [3.8, 4) is 0 Å². The molecule has 0 saturated carbocycles. The van der Waals surface area contributed by atoms with Crippen LogP contribution in [0.25, 0.3) is 0 Å². The molecule has 0 spiro atoms. The highest BCUT2D eigenvalue weighted by molar-refractivity contribution is 6.30. The summed E-state index contributed by atoms with van der Waals surface area (Å²) in [5, 5.41) is 3.82. The van der Waals surface area contributed by atoms with Gasteiger partial charge in [0.25, 0.3) is 0 Å². The maximum atomic E-state index is 12.2. The van der Waals surface area contributed by atoms with Crippen LogP contribution in [-0.4, -0.2) is 51.6 Å². The van der Waals surface area contributed by atoms with Crippen LogP contribution >= 0.6 is 11.6 Å². The highest BCUT2D eigenvalue weighted by Gasteiger charge is 2.35. The maximum Gasteiger partial charge on any atom is 0.222 e. The van der Waals surface area contributed by atoms with Gasteiger partial charge in [0.2, 0.25) is 5.91 Å². The molecule has 0 aliphatic carbocycles. The molecule has 6 heteroatoms. The molecule has 1 amide bonds. The Balaban J connectivity index is 1.47. The molecule has 0 radical (unpaired) electrons. The lowest BCUT2D eigenvalue weighted by Crippen LogP contribution is -2.44. The van der Waals surface area contributed by atoms with Gasteiger partial charge in [-0.2, -0.15) is 0 Å². The summed E-state index contributed by atoms with van der Waals surface area (Å²) in [6.07, 6.45) is 4.48. The number of carbonyl (C=O) groups is 1. The summed E-state index contributed by atoms with van der Waals surface area (Å²) in [7, 11) is 0. The summed E-state index contributed by atoms with van der Waals surface area (Å²) in [4.78, 5) is 12.2. The second kappa shape index (κ2) is 9.70. The van der Waals surface area contributed by atoms with Crippen molar-refractivity contribution in [3.05, 3.63) is 34.9 Å². The first-order valence-electron chi connectivity index (χ1n) is 9.48. The topological polar surface area (TPSA) is 56.8 Å². The lowest BCUT2D eigenvalue weighted by molar-refractivity contribution is -0.123. The molecule has 1 unspecified atom stereocenters. The molecule has 2 heterocycles. The molecule has 2 saturated heterocycles. The first kappa shape index (κ1) is 19.6. The highest BCUT2D eigenvalue weighted by atomic mass is 35.5. The van der Waals surface area contributed by atoms with Crippen LogP contribution in [0.2, 0.25) is 5.02 Å². The lowest BCUT2D eigenvalue weighted by Gasteiger charge is -2.38. The van der Waals surface area contributed by atoms with E-state index in [1.807, 2.05) is 18.2 Å². The number of nitrogens with one attached hydrogen (secondary N) is 1. The van der Waals surface area contributed by atoms with Gasteiger partial charge in [-0.3, -0.25) is 4.79 Å². The van der Waals surface area contributed by atoms with E-state index in [2.05, 4.69) is 11.4 Å². The van der Waals surface area contributed by atoms with Crippen molar-refractivity contribution in [1.29, 1.82) is 0 Å². The molecule has 26 heavy (non-hydrogen) atoms. The minimum Gasteiger partial charge on any atom is -0.381 e. The lowest BCUT2D eigenvalue weighted by atomic mass is 9.74. The van der Waals surface area contributed by atoms with Gasteiger partial charge in [0, 0.05) is 43.2 Å². The van der Waals surface area contributed by atoms with Crippen molar-refractivity contribution < 1.29 is 19.0 Å². The zero-order chi connectivity index (χ0) is 18.2. The molecule has 1 N–H and O–H groups in total. The molecule has 5 nitrogen and oxygen atoms in total. The number of ether oxygens (including phenoxy) is 3. The zero-order valence-electron chi connectivity index (χ0n) is 15.2. The van der Waals surface area contributed by atoms with Crippen molar-refractivity contribution in [3.63, 3.8) is 0 Å². The van der Waals surface area contributed by atoms with E-state index in [-0.39, 0.29) is 17.4 Å². The molecule has 3 rings (SSSR count). The van der Waals surface area contributed by atoms with Crippen molar-refractivity contribution in [2.45, 2.75) is 43.6 Å². The fourth-order valence-corrected chi connectivity index (χ4v) is 3.85. The van der Waals surface area contributed by atoms with Crippen LogP contribution in [0.1, 0.15) is 37.7 Å². The Morgan fingerprint density at radius 2 is 2.15 bits per heavy atom. The Hall–Kier alpha value is -1.14. The van der Waals surface area contributed by atoms with Gasteiger partial charge < -0.3 is 19.5 Å². The molecule has 2 aliphatic rings. The highest BCUT2D eigenvalue weighted by Crippen LogP contribution is 2.35. The van der Waals surface area contributed by atoms with Gasteiger partial charge in [-0.15, -0.1) is 0 Å². The van der Waals surface area contributed by atoms with Crippen LogP contribution in [-0.2, 0) is 24.4 Å². The number of carbonyl (C=O) groups excluding carboxylic acids is 1. The normalized spacial score (nSPS) is 22.3. The molecule has 2 fully saturated rings. The van der Waals surface area contributed by atoms with Gasteiger partial charge in [0.15, 0.2) is 0 Å². The Morgan fingerprint density at radius 3 is 2.88 bits per heavy atom. The minimum absolute atomic E-state index is 0.0187. The Kier molecular flexibility index (Phi) is 7.32. The molecule has 0 bridgehead atoms. The number of amides is 1. The largest absolute Gasteiger partial charge is 0.381 e. The Morgan fingerprint density at radius 1 is 1.31 bits per heavy atom. The van der Waals surface area contributed by atoms with E-state index in [0.717, 1.165) is 37.3 Å². The van der Waals surface area contributed by atoms with Gasteiger partial charge in [0.1, 0.15) is 0 Å². The predicted octanol–water partition coefficient (Wildman–Crippen LogP) is 3.09. The monoisotopic (exact) mass is 381 g/mol. The second-order valence-electron chi connectivity index (χ2n) is 7.14. The smallest absolute Gasteiger partial charge is 0.222 e. The molecule has 2 aliphatic heterocycles. The quantitative estimate of drug-likeness (QED) is 0.703. The van der Waals surface area contributed by atoms with E-state index in [0.29, 0.717) is 39.4 Å². The van der Waals surface area contributed by atoms with Crippen LogP contribution < -0.4 is 5.32 Å². The standard InChI is InChI=1S/C20H28ClNO4/c21-17-4-1-3-16(13-17)20(7-11-24-12-8-20)15-22-19(23)6-10-25-14-18-5-2-9-26-18/h1,3-4,13,18H,2,5-12,14-15H2,(H,22,23). The predicted molar refractivity (Wildman–Crippen MR) is 101 cm³/mol. The molecule has 144 valence electrons. The third kappa shape index (κ3) is 5.43. The van der Waals surface area contributed by atoms with Gasteiger partial charge in [-0.25, -0.2) is 0 Å². The van der Waals surface area contributed by atoms with Gasteiger partial charge in [-0.05, 0) is 43.4 Å². The number of benzene rings is 1. The summed E-state index contributed by atoms with van der Waals surface area (Å²) in [5.74, 6) is 0.0187. The number of hydrogen-bond donors (Lipinski definition) is 1. The third-order valence-electron chi connectivity index (χ3n) is 5.31. The molecular weight excluding hydrogens is 354 g/mol. The van der Waals surface area contributed by atoms with E-state index < -0.39 is 0 Å². The summed E-state index contributed by atoms with van der Waals surface area (Å²) in [5.41, 5.74) is 1.06. The van der Waals surface area contributed by atoms with Crippen LogP contribution in [0, 0.1) is 0 Å². The second-order valence-corrected chi connectivity index (χ2v) is 7.58. The van der Waals surface area contributed by atoms with Crippen LogP contribution in [0.3, 0.4) is 0 Å². The van der Waals surface area contributed by atoms with Crippen molar-refractivity contribution >= 4 is 17.5 Å². The van der Waals surface area contributed by atoms with E-state index in [1.54, 1.807) is 0 Å². The zero-order valence-corrected chi connectivity index (χ0v) is 15.9. The number of rotatable bonds is 8. The maximum absolute atomic E-state index is 12.2. The summed E-state index contributed by atoms with van der Waals surface area (Å²) < 4.78 is 16.6. The van der Waals surface area contributed by atoms with E-state index in [4.69, 9.17) is 25.8 Å². The van der Waals surface area contributed by atoms with E-state index >= 15 is 0 Å². The average Bonchev–Trinajstić information content (AvgIpc) is 3.18. The van der Waals surface area contributed by atoms with Gasteiger partial charge >= 0.3 is 0 Å². The van der Waals surface area contributed by atoms with Crippen LogP contribution in [0.5, 0.6) is 0 Å². The van der Waals surface area contributed by atoms with E-state index in [9.17, 15) is 4.79 Å². The van der Waals surface area contributed by atoms with Crippen molar-refractivity contribution in [2.75, 3.05) is 39.6 Å². The van der Waals surface area contributed by atoms with E-state index in [1.165, 1.54) is 5.56 Å². The first-order chi connectivity index (χ1) is 12.7. The fourth-order valence-electron chi connectivity index (χ4n) is 3.66. The molecule has 0 aromatic heterocycles. The molecule has 1 aromatic carbocycles. The van der Waals surface area contributed by atoms with Gasteiger partial charge in [0.05, 0.1) is 19.3 Å². The summed E-state index contributed by atoms with van der Waals surface area (Å²) in [6, 6.07) is 7.94.